The Balaban J connectivity index is 2.18. The maximum absolute atomic E-state index is 5.13. The molecule has 7 nitrogen and oxygen atoms in total. The molecule has 1 aliphatic rings. The number of likely N-dealkylation sites (N-methyl/N-ethyl adjacent to an activating group) is 2. The summed E-state index contributed by atoms with van der Waals surface area (Å²) in [4.78, 5) is 17.2. The van der Waals surface area contributed by atoms with E-state index >= 15 is 0 Å². The minimum atomic E-state index is 0.231. The molecule has 0 unspecified atom stereocenters. The summed E-state index contributed by atoms with van der Waals surface area (Å²) in [6, 6.07) is 0.332. The average molecular weight is 280 g/mol. The van der Waals surface area contributed by atoms with Crippen molar-refractivity contribution in [3.8, 4) is 6.01 Å². The molecule has 0 saturated heterocycles. The van der Waals surface area contributed by atoms with Crippen LogP contribution in [-0.2, 0) is 0 Å². The first-order valence-electron chi connectivity index (χ1n) is 6.87. The van der Waals surface area contributed by atoms with Gasteiger partial charge in [-0.25, -0.2) is 0 Å². The molecule has 0 bridgehead atoms. The molecule has 0 atom stereocenters. The van der Waals surface area contributed by atoms with Crippen molar-refractivity contribution in [1.82, 2.24) is 19.9 Å². The lowest BCUT2D eigenvalue weighted by atomic mass is 9.75. The van der Waals surface area contributed by atoms with Crippen LogP contribution in [0.1, 0.15) is 19.3 Å². The van der Waals surface area contributed by atoms with Crippen molar-refractivity contribution in [1.29, 1.82) is 0 Å². The lowest BCUT2D eigenvalue weighted by molar-refractivity contribution is 0.0680. The number of ether oxygens (including phenoxy) is 1. The molecule has 2 rings (SSSR count). The van der Waals surface area contributed by atoms with Crippen LogP contribution in [0.5, 0.6) is 6.01 Å². The summed E-state index contributed by atoms with van der Waals surface area (Å²) in [6.07, 6.45) is 3.71. The van der Waals surface area contributed by atoms with Gasteiger partial charge in [-0.3, -0.25) is 0 Å². The van der Waals surface area contributed by atoms with Crippen molar-refractivity contribution in [2.45, 2.75) is 24.8 Å². The van der Waals surface area contributed by atoms with Gasteiger partial charge in [0.1, 0.15) is 0 Å². The fourth-order valence-electron chi connectivity index (χ4n) is 2.56. The topological polar surface area (TPSA) is 66.4 Å². The van der Waals surface area contributed by atoms with Gasteiger partial charge in [0.05, 0.1) is 7.11 Å². The molecule has 1 saturated carbocycles. The highest BCUT2D eigenvalue weighted by molar-refractivity contribution is 5.38. The van der Waals surface area contributed by atoms with E-state index in [4.69, 9.17) is 4.74 Å². The summed E-state index contributed by atoms with van der Waals surface area (Å²) in [7, 11) is 9.63. The Kier molecular flexibility index (Phi) is 4.27. The highest BCUT2D eigenvalue weighted by Gasteiger charge is 2.40. The molecular weight excluding hydrogens is 256 g/mol. The standard InChI is InChI=1S/C13H24N6O/c1-14-10-15-11(17-12(16-10)20-5)19(4)9-13(18(2)3)7-6-8-13/h6-9H2,1-5H3,(H,14,15,16,17). The Morgan fingerprint density at radius 3 is 2.35 bits per heavy atom. The van der Waals surface area contributed by atoms with Crippen LogP contribution in [0.4, 0.5) is 11.9 Å². The second-order valence-electron chi connectivity index (χ2n) is 5.52. The third kappa shape index (κ3) is 2.77. The van der Waals surface area contributed by atoms with Crippen molar-refractivity contribution >= 4 is 11.9 Å². The maximum atomic E-state index is 5.13. The van der Waals surface area contributed by atoms with Gasteiger partial charge in [-0.15, -0.1) is 0 Å². The van der Waals surface area contributed by atoms with Gasteiger partial charge in [0.15, 0.2) is 0 Å². The molecule has 1 aliphatic carbocycles. The minimum Gasteiger partial charge on any atom is -0.467 e. The lowest BCUT2D eigenvalue weighted by Crippen LogP contribution is -2.57. The van der Waals surface area contributed by atoms with E-state index in [0.717, 1.165) is 6.54 Å². The van der Waals surface area contributed by atoms with Gasteiger partial charge >= 0.3 is 6.01 Å². The quantitative estimate of drug-likeness (QED) is 0.828. The number of methoxy groups -OCH3 is 1. The summed E-state index contributed by atoms with van der Waals surface area (Å²) in [5, 5.41) is 2.93. The summed E-state index contributed by atoms with van der Waals surface area (Å²) >= 11 is 0. The zero-order valence-electron chi connectivity index (χ0n) is 13.0. The number of anilines is 2. The molecule has 0 aromatic carbocycles. The van der Waals surface area contributed by atoms with Crippen molar-refractivity contribution in [2.75, 3.05) is 52.1 Å². The number of aromatic nitrogens is 3. The molecular formula is C13H24N6O. The Bertz CT molecular complexity index is 438. The zero-order chi connectivity index (χ0) is 14.8. The number of hydrogen-bond donors (Lipinski definition) is 1. The highest BCUT2D eigenvalue weighted by Crippen LogP contribution is 2.37. The van der Waals surface area contributed by atoms with Crippen LogP contribution < -0.4 is 15.0 Å². The molecule has 7 heteroatoms. The number of rotatable bonds is 6. The first kappa shape index (κ1) is 14.8. The normalized spacial score (nSPS) is 16.7. The van der Waals surface area contributed by atoms with E-state index in [-0.39, 0.29) is 5.54 Å². The van der Waals surface area contributed by atoms with E-state index in [9.17, 15) is 0 Å². The molecule has 1 heterocycles. The van der Waals surface area contributed by atoms with Gasteiger partial charge in [0, 0.05) is 26.2 Å². The summed E-state index contributed by atoms with van der Waals surface area (Å²) < 4.78 is 5.13. The van der Waals surface area contributed by atoms with E-state index in [2.05, 4.69) is 44.2 Å². The molecule has 112 valence electrons. The Labute approximate surface area is 120 Å². The maximum Gasteiger partial charge on any atom is 0.322 e. The highest BCUT2D eigenvalue weighted by atomic mass is 16.5. The predicted octanol–water partition coefficient (Wildman–Crippen LogP) is 0.842. The fourth-order valence-corrected chi connectivity index (χ4v) is 2.56. The van der Waals surface area contributed by atoms with Crippen LogP contribution in [0.3, 0.4) is 0 Å². The van der Waals surface area contributed by atoms with E-state index < -0.39 is 0 Å². The summed E-state index contributed by atoms with van der Waals surface area (Å²) in [6.45, 7) is 0.899. The smallest absolute Gasteiger partial charge is 0.322 e. The van der Waals surface area contributed by atoms with Gasteiger partial charge in [-0.05, 0) is 33.4 Å². The zero-order valence-corrected chi connectivity index (χ0v) is 13.0. The van der Waals surface area contributed by atoms with E-state index in [0.29, 0.717) is 17.9 Å². The fraction of sp³-hybridized carbons (Fsp3) is 0.769. The van der Waals surface area contributed by atoms with E-state index in [1.807, 2.05) is 7.05 Å². The lowest BCUT2D eigenvalue weighted by Gasteiger charge is -2.49. The van der Waals surface area contributed by atoms with Gasteiger partial charge in [-0.2, -0.15) is 15.0 Å². The van der Waals surface area contributed by atoms with Crippen molar-refractivity contribution in [3.63, 3.8) is 0 Å². The number of nitrogens with one attached hydrogen (secondary N) is 1. The summed E-state index contributed by atoms with van der Waals surface area (Å²) in [5.74, 6) is 1.15. The van der Waals surface area contributed by atoms with E-state index in [1.54, 1.807) is 14.2 Å². The van der Waals surface area contributed by atoms with Crippen LogP contribution >= 0.6 is 0 Å². The van der Waals surface area contributed by atoms with Crippen LogP contribution in [0.2, 0.25) is 0 Å². The van der Waals surface area contributed by atoms with Gasteiger partial charge in [0.2, 0.25) is 11.9 Å². The molecule has 0 aliphatic heterocycles. The molecule has 1 aromatic rings. The number of hydrogen-bond acceptors (Lipinski definition) is 7. The van der Waals surface area contributed by atoms with Crippen LogP contribution in [-0.4, -0.2) is 67.2 Å². The molecule has 1 fully saturated rings. The molecule has 20 heavy (non-hydrogen) atoms. The molecule has 1 N–H and O–H groups in total. The van der Waals surface area contributed by atoms with Crippen molar-refractivity contribution < 1.29 is 4.74 Å². The molecule has 0 radical (unpaired) electrons. The van der Waals surface area contributed by atoms with Crippen molar-refractivity contribution in [3.05, 3.63) is 0 Å². The summed E-state index contributed by atoms with van der Waals surface area (Å²) in [5.41, 5.74) is 0.231. The van der Waals surface area contributed by atoms with Crippen molar-refractivity contribution in [2.24, 2.45) is 0 Å². The van der Waals surface area contributed by atoms with Gasteiger partial charge in [-0.1, -0.05) is 0 Å². The van der Waals surface area contributed by atoms with Gasteiger partial charge < -0.3 is 19.9 Å². The second kappa shape index (κ2) is 5.78. The van der Waals surface area contributed by atoms with E-state index in [1.165, 1.54) is 19.3 Å². The van der Waals surface area contributed by atoms with Crippen LogP contribution in [0, 0.1) is 0 Å². The Hall–Kier alpha value is -1.63. The molecule has 0 spiro atoms. The van der Waals surface area contributed by atoms with Crippen LogP contribution in [0.15, 0.2) is 0 Å². The molecule has 0 amide bonds. The predicted molar refractivity (Wildman–Crippen MR) is 79.5 cm³/mol. The minimum absolute atomic E-state index is 0.231. The van der Waals surface area contributed by atoms with Gasteiger partial charge in [0.25, 0.3) is 0 Å². The third-order valence-corrected chi connectivity index (χ3v) is 4.12. The second-order valence-corrected chi connectivity index (χ2v) is 5.52. The monoisotopic (exact) mass is 280 g/mol. The Morgan fingerprint density at radius 1 is 1.20 bits per heavy atom. The first-order valence-corrected chi connectivity index (χ1v) is 6.87. The average Bonchev–Trinajstić information content (AvgIpc) is 2.41. The Morgan fingerprint density at radius 2 is 1.90 bits per heavy atom. The SMILES string of the molecule is CNc1nc(OC)nc(N(C)CC2(N(C)C)CCC2)n1. The molecule has 1 aromatic heterocycles. The third-order valence-electron chi connectivity index (χ3n) is 4.12. The van der Waals surface area contributed by atoms with Crippen LogP contribution in [0.25, 0.3) is 0 Å². The first-order chi connectivity index (χ1) is 9.50. The largest absolute Gasteiger partial charge is 0.467 e. The number of nitrogens with zero attached hydrogens (tertiary/aromatic N) is 5.